The van der Waals surface area contributed by atoms with Crippen molar-refractivity contribution in [1.82, 2.24) is 4.90 Å². The zero-order valence-electron chi connectivity index (χ0n) is 8.85. The summed E-state index contributed by atoms with van der Waals surface area (Å²) in [6.45, 7) is -0.0642. The molecule has 0 aliphatic rings. The molecule has 0 atom stereocenters. The molecule has 0 unspecified atom stereocenters. The highest BCUT2D eigenvalue weighted by Crippen LogP contribution is 2.21. The van der Waals surface area contributed by atoms with Crippen LogP contribution < -0.4 is 0 Å². The molecule has 0 saturated carbocycles. The molecule has 0 radical (unpaired) electrons. The standard InChI is InChI=1S/C12H9IN2O2/c1-2-6-15(7-5-14)12(17)10-8-9(13)3-4-11(10)16/h1,3-4,8,16H,6-7H2. The lowest BCUT2D eigenvalue weighted by Gasteiger charge is -2.17. The number of carbonyl (C=O) groups excluding carboxylic acids is 1. The second-order valence-corrected chi connectivity index (χ2v) is 4.43. The number of amides is 1. The Balaban J connectivity index is 3.06. The van der Waals surface area contributed by atoms with E-state index in [1.54, 1.807) is 12.1 Å². The van der Waals surface area contributed by atoms with Crippen LogP contribution in [0, 0.1) is 27.2 Å². The summed E-state index contributed by atoms with van der Waals surface area (Å²) in [6, 6.07) is 6.54. The maximum Gasteiger partial charge on any atom is 0.259 e. The molecule has 17 heavy (non-hydrogen) atoms. The van der Waals surface area contributed by atoms with E-state index in [9.17, 15) is 9.90 Å². The molecule has 5 heteroatoms. The molecule has 0 heterocycles. The summed E-state index contributed by atoms with van der Waals surface area (Å²) in [4.78, 5) is 13.2. The summed E-state index contributed by atoms with van der Waals surface area (Å²) in [6.07, 6.45) is 5.13. The third kappa shape index (κ3) is 3.36. The van der Waals surface area contributed by atoms with E-state index < -0.39 is 5.91 Å². The number of rotatable bonds is 3. The van der Waals surface area contributed by atoms with Crippen LogP contribution in [0.3, 0.4) is 0 Å². The van der Waals surface area contributed by atoms with E-state index in [2.05, 4.69) is 5.92 Å². The number of hydrogen-bond donors (Lipinski definition) is 1. The first kappa shape index (κ1) is 13.3. The van der Waals surface area contributed by atoms with Gasteiger partial charge in [0.1, 0.15) is 12.3 Å². The van der Waals surface area contributed by atoms with Crippen molar-refractivity contribution in [3.63, 3.8) is 0 Å². The van der Waals surface area contributed by atoms with Crippen molar-refractivity contribution in [3.8, 4) is 24.2 Å². The van der Waals surface area contributed by atoms with Gasteiger partial charge in [-0.2, -0.15) is 5.26 Å². The minimum Gasteiger partial charge on any atom is -0.507 e. The Labute approximate surface area is 113 Å². The summed E-state index contributed by atoms with van der Waals surface area (Å²) in [5.41, 5.74) is 0.155. The fourth-order valence-electron chi connectivity index (χ4n) is 1.24. The van der Waals surface area contributed by atoms with E-state index in [-0.39, 0.29) is 24.4 Å². The summed E-state index contributed by atoms with van der Waals surface area (Å²) in [7, 11) is 0. The molecule has 0 fully saturated rings. The highest BCUT2D eigenvalue weighted by Gasteiger charge is 2.18. The van der Waals surface area contributed by atoms with Crippen LogP contribution >= 0.6 is 22.6 Å². The van der Waals surface area contributed by atoms with Crippen LogP contribution in [0.4, 0.5) is 0 Å². The Morgan fingerprint density at radius 1 is 1.53 bits per heavy atom. The molecule has 1 aromatic carbocycles. The molecule has 0 aliphatic carbocycles. The van der Waals surface area contributed by atoms with Crippen molar-refractivity contribution in [2.75, 3.05) is 13.1 Å². The van der Waals surface area contributed by atoms with E-state index in [1.807, 2.05) is 28.7 Å². The number of phenols is 1. The SMILES string of the molecule is C#CCN(CC#N)C(=O)c1cc(I)ccc1O. The molecule has 86 valence electrons. The van der Waals surface area contributed by atoms with Gasteiger partial charge in [-0.3, -0.25) is 4.79 Å². The minimum absolute atomic E-state index is 0.0390. The van der Waals surface area contributed by atoms with Crippen LogP contribution in [-0.2, 0) is 0 Å². The van der Waals surface area contributed by atoms with Crippen LogP contribution in [0.25, 0.3) is 0 Å². The van der Waals surface area contributed by atoms with Gasteiger partial charge in [0.15, 0.2) is 0 Å². The fourth-order valence-corrected chi connectivity index (χ4v) is 1.74. The molecule has 0 spiro atoms. The van der Waals surface area contributed by atoms with E-state index in [0.29, 0.717) is 0 Å². The average Bonchev–Trinajstić information content (AvgIpc) is 2.31. The number of carbonyl (C=O) groups is 1. The highest BCUT2D eigenvalue weighted by molar-refractivity contribution is 14.1. The first-order valence-corrected chi connectivity index (χ1v) is 5.76. The van der Waals surface area contributed by atoms with Crippen molar-refractivity contribution in [3.05, 3.63) is 27.3 Å². The molecular weight excluding hydrogens is 331 g/mol. The summed E-state index contributed by atoms with van der Waals surface area (Å²) >= 11 is 2.03. The van der Waals surface area contributed by atoms with Gasteiger partial charge >= 0.3 is 0 Å². The Bertz CT molecular complexity index is 498. The summed E-state index contributed by atoms with van der Waals surface area (Å²) in [5.74, 6) is 1.75. The lowest BCUT2D eigenvalue weighted by Crippen LogP contribution is -2.31. The number of hydrogen-bond acceptors (Lipinski definition) is 3. The quantitative estimate of drug-likeness (QED) is 0.516. The number of aromatic hydroxyl groups is 1. The molecule has 1 rings (SSSR count). The smallest absolute Gasteiger partial charge is 0.259 e. The van der Waals surface area contributed by atoms with Crippen LogP contribution in [0.15, 0.2) is 18.2 Å². The maximum atomic E-state index is 12.0. The van der Waals surface area contributed by atoms with E-state index >= 15 is 0 Å². The predicted octanol–water partition coefficient (Wildman–Crippen LogP) is 1.60. The van der Waals surface area contributed by atoms with Gasteiger partial charge in [-0.1, -0.05) is 5.92 Å². The van der Waals surface area contributed by atoms with Crippen molar-refractivity contribution in [1.29, 1.82) is 5.26 Å². The highest BCUT2D eigenvalue weighted by atomic mass is 127. The largest absolute Gasteiger partial charge is 0.507 e. The van der Waals surface area contributed by atoms with Gasteiger partial charge in [-0.15, -0.1) is 6.42 Å². The molecule has 0 aromatic heterocycles. The van der Waals surface area contributed by atoms with Gasteiger partial charge in [0.05, 0.1) is 18.2 Å². The molecule has 1 aromatic rings. The van der Waals surface area contributed by atoms with Crippen LogP contribution in [0.2, 0.25) is 0 Å². The number of phenolic OH excluding ortho intramolecular Hbond substituents is 1. The maximum absolute atomic E-state index is 12.0. The van der Waals surface area contributed by atoms with Crippen LogP contribution in [0.5, 0.6) is 5.75 Å². The molecule has 1 amide bonds. The monoisotopic (exact) mass is 340 g/mol. The number of terminal acetylenes is 1. The topological polar surface area (TPSA) is 64.3 Å². The third-order valence-electron chi connectivity index (χ3n) is 2.02. The van der Waals surface area contributed by atoms with Gasteiger partial charge in [-0.25, -0.2) is 0 Å². The van der Waals surface area contributed by atoms with Crippen LogP contribution in [-0.4, -0.2) is 29.0 Å². The van der Waals surface area contributed by atoms with Gasteiger partial charge in [0, 0.05) is 3.57 Å². The van der Waals surface area contributed by atoms with E-state index in [1.165, 1.54) is 11.0 Å². The third-order valence-corrected chi connectivity index (χ3v) is 2.69. The van der Waals surface area contributed by atoms with E-state index in [0.717, 1.165) is 3.57 Å². The lowest BCUT2D eigenvalue weighted by atomic mass is 10.1. The Morgan fingerprint density at radius 3 is 2.82 bits per heavy atom. The predicted molar refractivity (Wildman–Crippen MR) is 71.2 cm³/mol. The van der Waals surface area contributed by atoms with Gasteiger partial charge in [0.25, 0.3) is 5.91 Å². The fraction of sp³-hybridized carbons (Fsp3) is 0.167. The number of halogens is 1. The van der Waals surface area contributed by atoms with Gasteiger partial charge in [-0.05, 0) is 40.8 Å². The molecular formula is C12H9IN2O2. The van der Waals surface area contributed by atoms with Crippen LogP contribution in [0.1, 0.15) is 10.4 Å². The molecule has 0 aliphatic heterocycles. The minimum atomic E-state index is -0.444. The van der Waals surface area contributed by atoms with Crippen molar-refractivity contribution in [2.24, 2.45) is 0 Å². The number of nitriles is 1. The second-order valence-electron chi connectivity index (χ2n) is 3.18. The first-order chi connectivity index (χ1) is 8.10. The molecule has 4 nitrogen and oxygen atoms in total. The molecule has 1 N–H and O–H groups in total. The summed E-state index contributed by atoms with van der Waals surface area (Å²) in [5, 5.41) is 18.2. The lowest BCUT2D eigenvalue weighted by molar-refractivity contribution is 0.0792. The van der Waals surface area contributed by atoms with E-state index in [4.69, 9.17) is 11.7 Å². The van der Waals surface area contributed by atoms with Crippen molar-refractivity contribution in [2.45, 2.75) is 0 Å². The summed E-state index contributed by atoms with van der Waals surface area (Å²) < 4.78 is 0.821. The Morgan fingerprint density at radius 2 is 2.24 bits per heavy atom. The Kier molecular flexibility index (Phi) is 4.80. The van der Waals surface area contributed by atoms with Crippen molar-refractivity contribution >= 4 is 28.5 Å². The molecule has 0 bridgehead atoms. The Hall–Kier alpha value is -1.73. The first-order valence-electron chi connectivity index (χ1n) is 4.68. The van der Waals surface area contributed by atoms with Crippen molar-refractivity contribution < 1.29 is 9.90 Å². The average molecular weight is 340 g/mol. The zero-order chi connectivity index (χ0) is 12.8. The second kappa shape index (κ2) is 6.12. The van der Waals surface area contributed by atoms with Gasteiger partial charge in [0.2, 0.25) is 0 Å². The molecule has 0 saturated heterocycles. The zero-order valence-corrected chi connectivity index (χ0v) is 11.0. The van der Waals surface area contributed by atoms with Gasteiger partial charge < -0.3 is 10.0 Å². The normalized spacial score (nSPS) is 9.12. The number of benzene rings is 1. The number of nitrogens with zero attached hydrogens (tertiary/aromatic N) is 2.